The molecule has 112 valence electrons. The van der Waals surface area contributed by atoms with Gasteiger partial charge in [-0.2, -0.15) is 0 Å². The maximum Gasteiger partial charge on any atom is 0.128 e. The molecule has 1 fully saturated rings. The van der Waals surface area contributed by atoms with Gasteiger partial charge < -0.3 is 10.2 Å². The average Bonchev–Trinajstić information content (AvgIpc) is 2.35. The molecule has 2 rings (SSSR count). The second kappa shape index (κ2) is 7.28. The van der Waals surface area contributed by atoms with E-state index in [2.05, 4.69) is 31.1 Å². The monoisotopic (exact) mass is 295 g/mol. The molecule has 0 atom stereocenters. The second-order valence-corrected chi connectivity index (χ2v) is 6.71. The Morgan fingerprint density at radius 3 is 2.75 bits per heavy atom. The molecular formula is C16H26ClN3. The van der Waals surface area contributed by atoms with Crippen LogP contribution in [0.2, 0.25) is 5.02 Å². The first-order chi connectivity index (χ1) is 9.56. The van der Waals surface area contributed by atoms with Gasteiger partial charge in [-0.1, -0.05) is 31.9 Å². The van der Waals surface area contributed by atoms with E-state index in [0.717, 1.165) is 42.1 Å². The van der Waals surface area contributed by atoms with Gasteiger partial charge in [-0.15, -0.1) is 0 Å². The van der Waals surface area contributed by atoms with E-state index in [-0.39, 0.29) is 0 Å². The van der Waals surface area contributed by atoms with E-state index in [1.54, 1.807) is 0 Å². The summed E-state index contributed by atoms with van der Waals surface area (Å²) >= 11 is 6.24. The summed E-state index contributed by atoms with van der Waals surface area (Å²) in [7, 11) is 2.12. The molecule has 1 aromatic rings. The number of aromatic nitrogens is 1. The van der Waals surface area contributed by atoms with Crippen molar-refractivity contribution in [3.8, 4) is 0 Å². The summed E-state index contributed by atoms with van der Waals surface area (Å²) in [5.74, 6) is 2.51. The highest BCUT2D eigenvalue weighted by atomic mass is 35.5. The second-order valence-electron chi connectivity index (χ2n) is 6.30. The fraction of sp³-hybridized carbons (Fsp3) is 0.688. The molecule has 3 nitrogen and oxygen atoms in total. The third-order valence-electron chi connectivity index (χ3n) is 3.90. The molecule has 0 unspecified atom stereocenters. The zero-order valence-electron chi connectivity index (χ0n) is 12.8. The summed E-state index contributed by atoms with van der Waals surface area (Å²) in [6.07, 6.45) is 4.11. The molecule has 0 radical (unpaired) electrons. The standard InChI is InChI=1S/C16H26ClN3/c1-12(2)9-18-10-15-14(17)7-8-16(19-15)20(3)11-13-5-4-6-13/h7-8,12-13,18H,4-6,9-11H2,1-3H3. The smallest absolute Gasteiger partial charge is 0.128 e. The molecule has 1 aliphatic rings. The van der Waals surface area contributed by atoms with Gasteiger partial charge in [-0.3, -0.25) is 0 Å². The van der Waals surface area contributed by atoms with Crippen LogP contribution in [0.25, 0.3) is 0 Å². The largest absolute Gasteiger partial charge is 0.359 e. The Morgan fingerprint density at radius 2 is 2.15 bits per heavy atom. The first-order valence-electron chi connectivity index (χ1n) is 7.63. The van der Waals surface area contributed by atoms with Crippen LogP contribution in [0, 0.1) is 11.8 Å². The molecule has 1 aromatic heterocycles. The van der Waals surface area contributed by atoms with Crippen LogP contribution in [0.3, 0.4) is 0 Å². The Morgan fingerprint density at radius 1 is 1.40 bits per heavy atom. The third kappa shape index (κ3) is 4.35. The lowest BCUT2D eigenvalue weighted by Gasteiger charge is -2.30. The summed E-state index contributed by atoms with van der Waals surface area (Å²) in [4.78, 5) is 6.97. The van der Waals surface area contributed by atoms with E-state index in [1.165, 1.54) is 19.3 Å². The molecule has 20 heavy (non-hydrogen) atoms. The molecular weight excluding hydrogens is 270 g/mol. The molecule has 4 heteroatoms. The minimum Gasteiger partial charge on any atom is -0.359 e. The zero-order valence-corrected chi connectivity index (χ0v) is 13.6. The van der Waals surface area contributed by atoms with Crippen molar-refractivity contribution in [3.63, 3.8) is 0 Å². The maximum atomic E-state index is 6.24. The van der Waals surface area contributed by atoms with E-state index < -0.39 is 0 Å². The van der Waals surface area contributed by atoms with Crippen LogP contribution in [0.4, 0.5) is 5.82 Å². The summed E-state index contributed by atoms with van der Waals surface area (Å²) in [5.41, 5.74) is 0.949. The number of hydrogen-bond donors (Lipinski definition) is 1. The Labute approximate surface area is 127 Å². The topological polar surface area (TPSA) is 28.2 Å². The summed E-state index contributed by atoms with van der Waals surface area (Å²) in [6.45, 7) is 7.23. The lowest BCUT2D eigenvalue weighted by molar-refractivity contribution is 0.321. The maximum absolute atomic E-state index is 6.24. The van der Waals surface area contributed by atoms with Crippen molar-refractivity contribution in [2.75, 3.05) is 25.0 Å². The van der Waals surface area contributed by atoms with Crippen molar-refractivity contribution in [2.24, 2.45) is 11.8 Å². The van der Waals surface area contributed by atoms with Gasteiger partial charge in [0, 0.05) is 20.1 Å². The fourth-order valence-electron chi connectivity index (χ4n) is 2.44. The molecule has 0 saturated heterocycles. The first kappa shape index (κ1) is 15.6. The Kier molecular flexibility index (Phi) is 5.67. The highest BCUT2D eigenvalue weighted by Crippen LogP contribution is 2.28. The lowest BCUT2D eigenvalue weighted by atomic mass is 9.85. The zero-order chi connectivity index (χ0) is 14.5. The molecule has 1 N–H and O–H groups in total. The number of nitrogens with one attached hydrogen (secondary N) is 1. The molecule has 0 spiro atoms. The minimum atomic E-state index is 0.637. The van der Waals surface area contributed by atoms with E-state index in [9.17, 15) is 0 Å². The van der Waals surface area contributed by atoms with Crippen molar-refractivity contribution >= 4 is 17.4 Å². The van der Waals surface area contributed by atoms with Gasteiger partial charge >= 0.3 is 0 Å². The Bertz CT molecular complexity index is 430. The van der Waals surface area contributed by atoms with Crippen molar-refractivity contribution in [2.45, 2.75) is 39.7 Å². The van der Waals surface area contributed by atoms with Gasteiger partial charge in [0.2, 0.25) is 0 Å². The third-order valence-corrected chi connectivity index (χ3v) is 4.24. The van der Waals surface area contributed by atoms with Crippen LogP contribution in [-0.2, 0) is 6.54 Å². The van der Waals surface area contributed by atoms with Crippen LogP contribution in [0.15, 0.2) is 12.1 Å². The van der Waals surface area contributed by atoms with Crippen LogP contribution in [0.1, 0.15) is 38.8 Å². The highest BCUT2D eigenvalue weighted by molar-refractivity contribution is 6.31. The molecule has 0 aromatic carbocycles. The van der Waals surface area contributed by atoms with Gasteiger partial charge in [0.15, 0.2) is 0 Å². The molecule has 1 heterocycles. The van der Waals surface area contributed by atoms with Gasteiger partial charge in [0.1, 0.15) is 5.82 Å². The van der Waals surface area contributed by atoms with Crippen LogP contribution >= 0.6 is 11.6 Å². The van der Waals surface area contributed by atoms with Crippen LogP contribution in [0.5, 0.6) is 0 Å². The summed E-state index contributed by atoms with van der Waals surface area (Å²) in [5, 5.41) is 4.16. The van der Waals surface area contributed by atoms with Crippen molar-refractivity contribution < 1.29 is 0 Å². The van der Waals surface area contributed by atoms with Crippen molar-refractivity contribution in [1.82, 2.24) is 10.3 Å². The van der Waals surface area contributed by atoms with Gasteiger partial charge in [-0.05, 0) is 43.4 Å². The summed E-state index contributed by atoms with van der Waals surface area (Å²) in [6, 6.07) is 3.99. The number of rotatable bonds is 7. The first-order valence-corrected chi connectivity index (χ1v) is 8.01. The SMILES string of the molecule is CC(C)CNCc1nc(N(C)CC2CCC2)ccc1Cl. The number of halogens is 1. The number of pyridine rings is 1. The quantitative estimate of drug-likeness (QED) is 0.831. The molecule has 0 bridgehead atoms. The summed E-state index contributed by atoms with van der Waals surface area (Å²) < 4.78 is 0. The minimum absolute atomic E-state index is 0.637. The average molecular weight is 296 g/mol. The fourth-order valence-corrected chi connectivity index (χ4v) is 2.62. The van der Waals surface area contributed by atoms with E-state index in [4.69, 9.17) is 16.6 Å². The van der Waals surface area contributed by atoms with E-state index in [1.807, 2.05) is 12.1 Å². The number of anilines is 1. The van der Waals surface area contributed by atoms with Gasteiger partial charge in [0.25, 0.3) is 0 Å². The molecule has 1 aliphatic carbocycles. The highest BCUT2D eigenvalue weighted by Gasteiger charge is 2.20. The van der Waals surface area contributed by atoms with Crippen molar-refractivity contribution in [3.05, 3.63) is 22.8 Å². The predicted molar refractivity (Wildman–Crippen MR) is 86.4 cm³/mol. The van der Waals surface area contributed by atoms with E-state index >= 15 is 0 Å². The Hall–Kier alpha value is -0.800. The van der Waals surface area contributed by atoms with Gasteiger partial charge in [0.05, 0.1) is 10.7 Å². The predicted octanol–water partition coefficient (Wildman–Crippen LogP) is 3.72. The van der Waals surface area contributed by atoms with Crippen LogP contribution in [-0.4, -0.2) is 25.1 Å². The van der Waals surface area contributed by atoms with Crippen molar-refractivity contribution in [1.29, 1.82) is 0 Å². The molecule has 0 aliphatic heterocycles. The number of hydrogen-bond acceptors (Lipinski definition) is 3. The van der Waals surface area contributed by atoms with Crippen LogP contribution < -0.4 is 10.2 Å². The molecule has 1 saturated carbocycles. The van der Waals surface area contributed by atoms with E-state index in [0.29, 0.717) is 5.92 Å². The lowest BCUT2D eigenvalue weighted by Crippen LogP contribution is -2.30. The normalized spacial score (nSPS) is 15.4. The number of nitrogens with zero attached hydrogens (tertiary/aromatic N) is 2. The molecule has 0 amide bonds. The Balaban J connectivity index is 1.95. The van der Waals surface area contributed by atoms with Gasteiger partial charge in [-0.25, -0.2) is 4.98 Å².